The summed E-state index contributed by atoms with van der Waals surface area (Å²) in [6, 6.07) is 7.65. The number of fused-ring (bicyclic) bond motifs is 1. The zero-order chi connectivity index (χ0) is 17.8. The molecule has 1 aromatic carbocycles. The molecule has 1 aliphatic rings. The smallest absolute Gasteiger partial charge is 0.410 e. The molecule has 0 radical (unpaired) electrons. The lowest BCUT2D eigenvalue weighted by atomic mass is 9.97. The Morgan fingerprint density at radius 1 is 1.24 bits per heavy atom. The molecule has 1 aliphatic heterocycles. The van der Waals surface area contributed by atoms with Gasteiger partial charge in [-0.3, -0.25) is 9.78 Å². The van der Waals surface area contributed by atoms with Crippen LogP contribution in [0.1, 0.15) is 34.0 Å². The number of amides is 2. The fourth-order valence-corrected chi connectivity index (χ4v) is 2.90. The molecule has 0 aliphatic carbocycles. The van der Waals surface area contributed by atoms with E-state index >= 15 is 0 Å². The van der Waals surface area contributed by atoms with Crippen molar-refractivity contribution in [3.8, 4) is 0 Å². The Morgan fingerprint density at radius 3 is 2.72 bits per heavy atom. The number of anilines is 1. The second kappa shape index (κ2) is 7.34. The van der Waals surface area contributed by atoms with Crippen LogP contribution in [0.15, 0.2) is 36.7 Å². The van der Waals surface area contributed by atoms with E-state index in [0.29, 0.717) is 31.7 Å². The van der Waals surface area contributed by atoms with Crippen LogP contribution in [-0.2, 0) is 17.7 Å². The van der Waals surface area contributed by atoms with Gasteiger partial charge in [0.05, 0.1) is 18.7 Å². The summed E-state index contributed by atoms with van der Waals surface area (Å²) in [5, 5.41) is 2.91. The average Bonchev–Trinajstić information content (AvgIpc) is 2.62. The topological polar surface area (TPSA) is 71.5 Å². The first kappa shape index (κ1) is 17.0. The van der Waals surface area contributed by atoms with Gasteiger partial charge in [0.25, 0.3) is 5.91 Å². The Hall–Kier alpha value is -2.89. The minimum atomic E-state index is -0.331. The number of aryl methyl sites for hydroxylation is 1. The fourth-order valence-electron chi connectivity index (χ4n) is 2.90. The van der Waals surface area contributed by atoms with Crippen LogP contribution in [0.4, 0.5) is 10.5 Å². The van der Waals surface area contributed by atoms with Crippen molar-refractivity contribution in [2.75, 3.05) is 18.5 Å². The Morgan fingerprint density at radius 2 is 2.00 bits per heavy atom. The predicted octanol–water partition coefficient (Wildman–Crippen LogP) is 3.16. The molecule has 0 bridgehead atoms. The number of pyridine rings is 1. The zero-order valence-corrected chi connectivity index (χ0v) is 14.4. The molecule has 0 fully saturated rings. The first-order chi connectivity index (χ1) is 12.1. The van der Waals surface area contributed by atoms with Crippen molar-refractivity contribution in [1.29, 1.82) is 0 Å². The molecule has 130 valence electrons. The largest absolute Gasteiger partial charge is 0.450 e. The predicted molar refractivity (Wildman–Crippen MR) is 94.5 cm³/mol. The maximum absolute atomic E-state index is 12.6. The van der Waals surface area contributed by atoms with Crippen molar-refractivity contribution in [3.05, 3.63) is 58.9 Å². The van der Waals surface area contributed by atoms with E-state index < -0.39 is 0 Å². The molecule has 1 N–H and O–H groups in total. The number of ether oxygens (including phenoxy) is 1. The monoisotopic (exact) mass is 339 g/mol. The summed E-state index contributed by atoms with van der Waals surface area (Å²) in [6.45, 7) is 5.07. The molecule has 6 nitrogen and oxygen atoms in total. The Bertz CT molecular complexity index is 787. The molecule has 25 heavy (non-hydrogen) atoms. The summed E-state index contributed by atoms with van der Waals surface area (Å²) in [6.07, 6.45) is 3.57. The number of benzene rings is 1. The quantitative estimate of drug-likeness (QED) is 0.932. The van der Waals surface area contributed by atoms with Gasteiger partial charge in [-0.2, -0.15) is 0 Å². The van der Waals surface area contributed by atoms with Crippen LogP contribution in [0.5, 0.6) is 0 Å². The number of carbonyl (C=O) groups excluding carboxylic acids is 2. The minimum absolute atomic E-state index is 0.183. The van der Waals surface area contributed by atoms with Crippen LogP contribution in [0.3, 0.4) is 0 Å². The van der Waals surface area contributed by atoms with Gasteiger partial charge in [-0.1, -0.05) is 17.7 Å². The van der Waals surface area contributed by atoms with Crippen LogP contribution in [0.25, 0.3) is 0 Å². The van der Waals surface area contributed by atoms with Gasteiger partial charge >= 0.3 is 6.09 Å². The Balaban J connectivity index is 1.78. The molecule has 6 heteroatoms. The summed E-state index contributed by atoms with van der Waals surface area (Å²) in [5.41, 5.74) is 4.27. The van der Waals surface area contributed by atoms with Crippen molar-refractivity contribution >= 4 is 17.7 Å². The highest BCUT2D eigenvalue weighted by Gasteiger charge is 2.25. The van der Waals surface area contributed by atoms with Crippen LogP contribution in [-0.4, -0.2) is 35.0 Å². The standard InChI is InChI=1S/C19H21N3O3/c1-3-25-19(24)22-9-8-16-14(12-22)10-20-11-17(16)18(23)21-15-6-4-13(2)5-7-15/h4-7,10-11H,3,8-9,12H2,1-2H3,(H,21,23). The van der Waals surface area contributed by atoms with Gasteiger partial charge in [0.15, 0.2) is 0 Å². The molecule has 2 heterocycles. The summed E-state index contributed by atoms with van der Waals surface area (Å²) >= 11 is 0. The third-order valence-electron chi connectivity index (χ3n) is 4.22. The highest BCUT2D eigenvalue weighted by Crippen LogP contribution is 2.23. The molecule has 2 amide bonds. The van der Waals surface area contributed by atoms with Crippen molar-refractivity contribution < 1.29 is 14.3 Å². The number of nitrogens with one attached hydrogen (secondary N) is 1. The SMILES string of the molecule is CCOC(=O)N1CCc2c(cncc2C(=O)Nc2ccc(C)cc2)C1. The molecule has 0 saturated heterocycles. The molecule has 0 spiro atoms. The second-order valence-electron chi connectivity index (χ2n) is 6.02. The van der Waals surface area contributed by atoms with Crippen LogP contribution >= 0.6 is 0 Å². The molecule has 3 rings (SSSR count). The first-order valence-electron chi connectivity index (χ1n) is 8.34. The number of hydrogen-bond acceptors (Lipinski definition) is 4. The molecular formula is C19H21N3O3. The van der Waals surface area contributed by atoms with Crippen molar-refractivity contribution in [1.82, 2.24) is 9.88 Å². The molecule has 2 aromatic rings. The van der Waals surface area contributed by atoms with E-state index in [-0.39, 0.29) is 12.0 Å². The number of nitrogens with zero attached hydrogens (tertiary/aromatic N) is 2. The highest BCUT2D eigenvalue weighted by atomic mass is 16.6. The van der Waals surface area contributed by atoms with Crippen LogP contribution in [0.2, 0.25) is 0 Å². The maximum atomic E-state index is 12.6. The van der Waals surface area contributed by atoms with Gasteiger partial charge in [0.2, 0.25) is 0 Å². The molecule has 0 saturated carbocycles. The van der Waals surface area contributed by atoms with E-state index in [1.807, 2.05) is 31.2 Å². The van der Waals surface area contributed by atoms with Crippen LogP contribution in [0, 0.1) is 6.92 Å². The van der Waals surface area contributed by atoms with E-state index in [1.54, 1.807) is 24.2 Å². The van der Waals surface area contributed by atoms with Crippen molar-refractivity contribution in [2.45, 2.75) is 26.8 Å². The number of carbonyl (C=O) groups is 2. The molecule has 1 aromatic heterocycles. The first-order valence-corrected chi connectivity index (χ1v) is 8.34. The lowest BCUT2D eigenvalue weighted by Gasteiger charge is -2.28. The van der Waals surface area contributed by atoms with Gasteiger partial charge in [-0.25, -0.2) is 4.79 Å². The van der Waals surface area contributed by atoms with Gasteiger partial charge < -0.3 is 15.0 Å². The molecular weight excluding hydrogens is 318 g/mol. The number of hydrogen-bond donors (Lipinski definition) is 1. The fraction of sp³-hybridized carbons (Fsp3) is 0.316. The van der Waals surface area contributed by atoms with Gasteiger partial charge in [0.1, 0.15) is 0 Å². The molecule has 0 unspecified atom stereocenters. The number of rotatable bonds is 3. The minimum Gasteiger partial charge on any atom is -0.450 e. The van der Waals surface area contributed by atoms with E-state index in [1.165, 1.54) is 0 Å². The average molecular weight is 339 g/mol. The van der Waals surface area contributed by atoms with Crippen molar-refractivity contribution in [3.63, 3.8) is 0 Å². The Labute approximate surface area is 146 Å². The van der Waals surface area contributed by atoms with E-state index in [0.717, 1.165) is 22.4 Å². The van der Waals surface area contributed by atoms with E-state index in [9.17, 15) is 9.59 Å². The number of aromatic nitrogens is 1. The summed E-state index contributed by atoms with van der Waals surface area (Å²) in [4.78, 5) is 30.3. The van der Waals surface area contributed by atoms with Gasteiger partial charge in [-0.15, -0.1) is 0 Å². The summed E-state index contributed by atoms with van der Waals surface area (Å²) in [7, 11) is 0. The lowest BCUT2D eigenvalue weighted by Crippen LogP contribution is -2.37. The van der Waals surface area contributed by atoms with E-state index in [2.05, 4.69) is 10.3 Å². The lowest BCUT2D eigenvalue weighted by molar-refractivity contribution is 0.101. The highest BCUT2D eigenvalue weighted by molar-refractivity contribution is 6.05. The normalized spacial score (nSPS) is 13.1. The molecule has 0 atom stereocenters. The summed E-state index contributed by atoms with van der Waals surface area (Å²) < 4.78 is 5.05. The van der Waals surface area contributed by atoms with Crippen molar-refractivity contribution in [2.24, 2.45) is 0 Å². The Kier molecular flexibility index (Phi) is 4.97. The second-order valence-corrected chi connectivity index (χ2v) is 6.02. The zero-order valence-electron chi connectivity index (χ0n) is 14.4. The van der Waals surface area contributed by atoms with Gasteiger partial charge in [-0.05, 0) is 43.5 Å². The third-order valence-corrected chi connectivity index (χ3v) is 4.22. The van der Waals surface area contributed by atoms with E-state index in [4.69, 9.17) is 4.74 Å². The van der Waals surface area contributed by atoms with Crippen LogP contribution < -0.4 is 5.32 Å². The van der Waals surface area contributed by atoms with Gasteiger partial charge in [0, 0.05) is 24.6 Å². The summed E-state index contributed by atoms with van der Waals surface area (Å²) in [5.74, 6) is -0.183. The maximum Gasteiger partial charge on any atom is 0.410 e. The third kappa shape index (κ3) is 3.79.